The van der Waals surface area contributed by atoms with Crippen LogP contribution >= 0.6 is 11.5 Å². The normalized spacial score (nSPS) is 14.8. The maximum atomic E-state index is 4.23. The van der Waals surface area contributed by atoms with E-state index in [0.29, 0.717) is 6.04 Å². The Morgan fingerprint density at radius 1 is 1.29 bits per heavy atom. The van der Waals surface area contributed by atoms with Gasteiger partial charge in [-0.3, -0.25) is 0 Å². The first-order valence-electron chi connectivity index (χ1n) is 6.77. The molecule has 98 valence electrons. The number of nitrogens with one attached hydrogen (secondary N) is 1. The highest BCUT2D eigenvalue weighted by atomic mass is 32.1. The number of aryl methyl sites for hydroxylation is 1. The lowest BCUT2D eigenvalue weighted by molar-refractivity contribution is 0.404. The molecule has 0 amide bonds. The van der Waals surface area contributed by atoms with Gasteiger partial charge in [0.15, 0.2) is 0 Å². The van der Waals surface area contributed by atoms with Crippen LogP contribution in [0.4, 0.5) is 0 Å². The first kappa shape index (κ1) is 14.6. The summed E-state index contributed by atoms with van der Waals surface area (Å²) in [5.41, 5.74) is 1.17. The summed E-state index contributed by atoms with van der Waals surface area (Å²) in [5.74, 6) is 0.746. The van der Waals surface area contributed by atoms with Crippen molar-refractivity contribution >= 4 is 11.5 Å². The van der Waals surface area contributed by atoms with E-state index in [0.717, 1.165) is 18.9 Å². The van der Waals surface area contributed by atoms with Crippen molar-refractivity contribution in [3.8, 4) is 0 Å². The van der Waals surface area contributed by atoms with E-state index in [9.17, 15) is 0 Å². The highest BCUT2D eigenvalue weighted by Crippen LogP contribution is 2.27. The molecule has 4 heteroatoms. The molecule has 0 saturated heterocycles. The Morgan fingerprint density at radius 3 is 2.65 bits per heavy atom. The second-order valence-electron chi connectivity index (χ2n) is 4.69. The van der Waals surface area contributed by atoms with E-state index >= 15 is 0 Å². The quantitative estimate of drug-likeness (QED) is 0.771. The maximum absolute atomic E-state index is 4.23. The van der Waals surface area contributed by atoms with Gasteiger partial charge >= 0.3 is 0 Å². The second-order valence-corrected chi connectivity index (χ2v) is 5.48. The van der Waals surface area contributed by atoms with Gasteiger partial charge in [-0.15, -0.1) is 5.10 Å². The molecule has 0 aliphatic rings. The molecule has 3 nitrogen and oxygen atoms in total. The number of rotatable bonds is 8. The molecule has 0 fully saturated rings. The first-order chi connectivity index (χ1) is 8.22. The van der Waals surface area contributed by atoms with E-state index in [4.69, 9.17) is 0 Å². The number of hydrogen-bond acceptors (Lipinski definition) is 4. The largest absolute Gasteiger partial charge is 0.309 e. The van der Waals surface area contributed by atoms with Crippen LogP contribution in [0.25, 0.3) is 0 Å². The van der Waals surface area contributed by atoms with Gasteiger partial charge in [-0.25, -0.2) is 0 Å². The molecule has 0 aromatic carbocycles. The molecular weight excluding hydrogens is 230 g/mol. The minimum Gasteiger partial charge on any atom is -0.309 e. The molecule has 1 N–H and O–H groups in total. The average Bonchev–Trinajstić information content (AvgIpc) is 2.82. The Kier molecular flexibility index (Phi) is 6.66. The lowest BCUT2D eigenvalue weighted by Crippen LogP contribution is -2.24. The van der Waals surface area contributed by atoms with Crippen LogP contribution in [-0.2, 0) is 6.42 Å². The van der Waals surface area contributed by atoms with Crippen LogP contribution in [0.3, 0.4) is 0 Å². The van der Waals surface area contributed by atoms with Gasteiger partial charge in [0.1, 0.15) is 0 Å². The van der Waals surface area contributed by atoms with Crippen LogP contribution in [0.15, 0.2) is 0 Å². The topological polar surface area (TPSA) is 37.8 Å². The first-order valence-corrected chi connectivity index (χ1v) is 7.54. The molecule has 1 aromatic heterocycles. The summed E-state index contributed by atoms with van der Waals surface area (Å²) in [6.07, 6.45) is 4.58. The standard InChI is InChI=1S/C13H25N3S/c1-5-8-14-12(9-10(4)6-2)13-11(7-3)15-16-17-13/h10,12,14H,5-9H2,1-4H3. The fourth-order valence-corrected chi connectivity index (χ4v) is 2.72. The SMILES string of the molecule is CCCNC(CC(C)CC)c1snnc1CC. The van der Waals surface area contributed by atoms with E-state index in [1.165, 1.54) is 29.8 Å². The fourth-order valence-electron chi connectivity index (χ4n) is 1.90. The van der Waals surface area contributed by atoms with Crippen LogP contribution in [-0.4, -0.2) is 16.1 Å². The van der Waals surface area contributed by atoms with E-state index in [1.54, 1.807) is 11.5 Å². The third-order valence-electron chi connectivity index (χ3n) is 3.21. The van der Waals surface area contributed by atoms with Crippen molar-refractivity contribution < 1.29 is 0 Å². The molecule has 0 radical (unpaired) electrons. The lowest BCUT2D eigenvalue weighted by Gasteiger charge is -2.20. The van der Waals surface area contributed by atoms with Crippen LogP contribution in [0.1, 0.15) is 63.6 Å². The van der Waals surface area contributed by atoms with Gasteiger partial charge in [0.25, 0.3) is 0 Å². The van der Waals surface area contributed by atoms with Crippen molar-refractivity contribution in [1.82, 2.24) is 14.9 Å². The molecular formula is C13H25N3S. The van der Waals surface area contributed by atoms with E-state index < -0.39 is 0 Å². The highest BCUT2D eigenvalue weighted by molar-refractivity contribution is 7.05. The smallest absolute Gasteiger partial charge is 0.0800 e. The maximum Gasteiger partial charge on any atom is 0.0800 e. The van der Waals surface area contributed by atoms with Crippen molar-refractivity contribution in [3.05, 3.63) is 10.6 Å². The van der Waals surface area contributed by atoms with Gasteiger partial charge in [-0.05, 0) is 43.3 Å². The minimum atomic E-state index is 0.444. The molecule has 0 aliphatic carbocycles. The third kappa shape index (κ3) is 4.36. The van der Waals surface area contributed by atoms with Crippen molar-refractivity contribution in [1.29, 1.82) is 0 Å². The number of nitrogens with zero attached hydrogens (tertiary/aromatic N) is 2. The molecule has 0 aliphatic heterocycles. The zero-order chi connectivity index (χ0) is 12.7. The van der Waals surface area contributed by atoms with Gasteiger partial charge in [-0.2, -0.15) is 0 Å². The van der Waals surface area contributed by atoms with Crippen molar-refractivity contribution in [2.24, 2.45) is 5.92 Å². The van der Waals surface area contributed by atoms with Crippen LogP contribution in [0.5, 0.6) is 0 Å². The van der Waals surface area contributed by atoms with Gasteiger partial charge in [-0.1, -0.05) is 38.6 Å². The van der Waals surface area contributed by atoms with Crippen LogP contribution < -0.4 is 5.32 Å². The highest BCUT2D eigenvalue weighted by Gasteiger charge is 2.19. The summed E-state index contributed by atoms with van der Waals surface area (Å²) >= 11 is 1.56. The Balaban J connectivity index is 2.74. The van der Waals surface area contributed by atoms with E-state index in [-0.39, 0.29) is 0 Å². The molecule has 0 saturated carbocycles. The minimum absolute atomic E-state index is 0.444. The molecule has 17 heavy (non-hydrogen) atoms. The molecule has 1 aromatic rings. The Morgan fingerprint density at radius 2 is 2.06 bits per heavy atom. The summed E-state index contributed by atoms with van der Waals surface area (Å²) in [5, 5.41) is 7.87. The molecule has 2 unspecified atom stereocenters. The van der Waals surface area contributed by atoms with E-state index in [1.807, 2.05) is 0 Å². The zero-order valence-corrected chi connectivity index (χ0v) is 12.3. The molecule has 1 rings (SSSR count). The Labute approximate surface area is 109 Å². The lowest BCUT2D eigenvalue weighted by atomic mass is 9.97. The molecule has 0 spiro atoms. The Hall–Kier alpha value is -0.480. The molecule has 1 heterocycles. The van der Waals surface area contributed by atoms with Gasteiger partial charge < -0.3 is 5.32 Å². The summed E-state index contributed by atoms with van der Waals surface area (Å²) in [7, 11) is 0. The summed E-state index contributed by atoms with van der Waals surface area (Å²) < 4.78 is 4.11. The third-order valence-corrected chi connectivity index (χ3v) is 4.09. The summed E-state index contributed by atoms with van der Waals surface area (Å²) in [6, 6.07) is 0.444. The van der Waals surface area contributed by atoms with Gasteiger partial charge in [0.2, 0.25) is 0 Å². The second kappa shape index (κ2) is 7.77. The molecule has 0 bridgehead atoms. The molecule has 2 atom stereocenters. The predicted octanol–water partition coefficient (Wildman–Crippen LogP) is 3.58. The fraction of sp³-hybridized carbons (Fsp3) is 0.846. The number of hydrogen-bond donors (Lipinski definition) is 1. The van der Waals surface area contributed by atoms with Crippen molar-refractivity contribution in [2.75, 3.05) is 6.54 Å². The monoisotopic (exact) mass is 255 g/mol. The average molecular weight is 255 g/mol. The van der Waals surface area contributed by atoms with Crippen LogP contribution in [0.2, 0.25) is 0 Å². The zero-order valence-electron chi connectivity index (χ0n) is 11.5. The van der Waals surface area contributed by atoms with Gasteiger partial charge in [0.05, 0.1) is 10.6 Å². The Bertz CT molecular complexity index is 311. The predicted molar refractivity (Wildman–Crippen MR) is 74.4 cm³/mol. The van der Waals surface area contributed by atoms with E-state index in [2.05, 4.69) is 42.6 Å². The summed E-state index contributed by atoms with van der Waals surface area (Å²) in [4.78, 5) is 1.35. The van der Waals surface area contributed by atoms with Crippen molar-refractivity contribution in [2.45, 2.75) is 59.4 Å². The van der Waals surface area contributed by atoms with Crippen molar-refractivity contribution in [3.63, 3.8) is 0 Å². The summed E-state index contributed by atoms with van der Waals surface area (Å²) in [6.45, 7) is 10.0. The van der Waals surface area contributed by atoms with Gasteiger partial charge in [0, 0.05) is 6.04 Å². The van der Waals surface area contributed by atoms with Crippen LogP contribution in [0, 0.1) is 5.92 Å². The number of aromatic nitrogens is 2.